The number of hydrogen-bond acceptors (Lipinski definition) is 3. The van der Waals surface area contributed by atoms with E-state index in [1.807, 2.05) is 55.5 Å². The molecule has 2 aromatic carbocycles. The molecular weight excluding hydrogens is 342 g/mol. The molecule has 24 heavy (non-hydrogen) atoms. The van der Waals surface area contributed by atoms with Crippen LogP contribution in [0, 0.1) is 6.92 Å². The van der Waals surface area contributed by atoms with Gasteiger partial charge in [-0.1, -0.05) is 23.7 Å². The summed E-state index contributed by atoms with van der Waals surface area (Å²) in [5.41, 5.74) is 2.66. The summed E-state index contributed by atoms with van der Waals surface area (Å²) in [7, 11) is 0. The number of nitrogens with one attached hydrogen (secondary N) is 2. The number of nitrogens with zero attached hydrogens (tertiary/aromatic N) is 1. The van der Waals surface area contributed by atoms with Gasteiger partial charge in [0.1, 0.15) is 0 Å². The fourth-order valence-electron chi connectivity index (χ4n) is 2.12. The van der Waals surface area contributed by atoms with Gasteiger partial charge in [-0.2, -0.15) is 5.10 Å². The van der Waals surface area contributed by atoms with Crippen molar-refractivity contribution in [3.8, 4) is 0 Å². The van der Waals surface area contributed by atoms with Crippen molar-refractivity contribution in [3.63, 3.8) is 0 Å². The molecule has 0 saturated carbocycles. The Balaban J connectivity index is 1.58. The molecule has 1 heterocycles. The van der Waals surface area contributed by atoms with Crippen molar-refractivity contribution >= 4 is 35.1 Å². The van der Waals surface area contributed by atoms with E-state index in [9.17, 15) is 4.79 Å². The molecule has 0 fully saturated rings. The largest absolute Gasteiger partial charge is 0.305 e. The molecule has 0 atom stereocenters. The van der Waals surface area contributed by atoms with E-state index in [2.05, 4.69) is 15.5 Å². The second-order valence-corrected chi connectivity index (χ2v) is 6.82. The highest BCUT2D eigenvalue weighted by Crippen LogP contribution is 2.24. The lowest BCUT2D eigenvalue weighted by Gasteiger charge is -2.05. The minimum Gasteiger partial charge on any atom is -0.305 e. The van der Waals surface area contributed by atoms with E-state index >= 15 is 0 Å². The van der Waals surface area contributed by atoms with Gasteiger partial charge in [0.15, 0.2) is 5.82 Å². The van der Waals surface area contributed by atoms with Crippen molar-refractivity contribution in [2.75, 3.05) is 5.32 Å². The normalized spacial score (nSPS) is 10.6. The number of H-pyrrole nitrogens is 1. The van der Waals surface area contributed by atoms with Gasteiger partial charge in [0.05, 0.1) is 0 Å². The number of halogens is 1. The molecule has 0 aliphatic carbocycles. The van der Waals surface area contributed by atoms with Crippen molar-refractivity contribution < 1.29 is 4.79 Å². The molecule has 122 valence electrons. The number of carbonyl (C=O) groups is 1. The minimum atomic E-state index is -0.168. The van der Waals surface area contributed by atoms with Gasteiger partial charge in [0.2, 0.25) is 0 Å². The maximum Gasteiger partial charge on any atom is 0.256 e. The molecule has 0 aliphatic heterocycles. The zero-order chi connectivity index (χ0) is 16.9. The smallest absolute Gasteiger partial charge is 0.256 e. The highest BCUT2D eigenvalue weighted by molar-refractivity contribution is 7.98. The van der Waals surface area contributed by atoms with Crippen LogP contribution in [0.1, 0.15) is 21.6 Å². The summed E-state index contributed by atoms with van der Waals surface area (Å²) in [6, 6.07) is 17.1. The summed E-state index contributed by atoms with van der Waals surface area (Å²) in [4.78, 5) is 13.3. The standard InChI is InChI=1S/C18H16ClN3OS/c1-12-10-17(22-21-12)20-18(23)14-4-2-13(3-5-14)11-24-16-8-6-15(19)7-9-16/h2-10H,11H2,1H3,(H2,20,21,22,23). The molecule has 0 unspecified atom stereocenters. The van der Waals surface area contributed by atoms with Gasteiger partial charge < -0.3 is 5.32 Å². The van der Waals surface area contributed by atoms with Gasteiger partial charge in [0, 0.05) is 33.0 Å². The first-order valence-corrected chi connectivity index (χ1v) is 8.77. The van der Waals surface area contributed by atoms with Crippen LogP contribution in [0.25, 0.3) is 0 Å². The summed E-state index contributed by atoms with van der Waals surface area (Å²) in [5.74, 6) is 1.19. The molecule has 0 radical (unpaired) electrons. The minimum absolute atomic E-state index is 0.168. The van der Waals surface area contributed by atoms with Crippen LogP contribution >= 0.6 is 23.4 Å². The van der Waals surface area contributed by atoms with Crippen LogP contribution < -0.4 is 5.32 Å². The molecule has 1 aromatic heterocycles. The van der Waals surface area contributed by atoms with Gasteiger partial charge in [-0.3, -0.25) is 9.89 Å². The third kappa shape index (κ3) is 4.40. The first-order valence-electron chi connectivity index (χ1n) is 7.41. The molecule has 0 bridgehead atoms. The fraction of sp³-hybridized carbons (Fsp3) is 0.111. The van der Waals surface area contributed by atoms with E-state index < -0.39 is 0 Å². The molecular formula is C18H16ClN3OS. The number of anilines is 1. The molecule has 0 saturated heterocycles. The van der Waals surface area contributed by atoms with Gasteiger partial charge in [-0.25, -0.2) is 0 Å². The van der Waals surface area contributed by atoms with E-state index in [1.165, 1.54) is 0 Å². The van der Waals surface area contributed by atoms with Crippen molar-refractivity contribution in [2.24, 2.45) is 0 Å². The van der Waals surface area contributed by atoms with E-state index in [-0.39, 0.29) is 5.91 Å². The Morgan fingerprint density at radius 2 is 1.88 bits per heavy atom. The van der Waals surface area contributed by atoms with Crippen molar-refractivity contribution in [2.45, 2.75) is 17.6 Å². The molecule has 3 rings (SSSR count). The van der Waals surface area contributed by atoms with Crippen LogP contribution in [-0.4, -0.2) is 16.1 Å². The first kappa shape index (κ1) is 16.6. The Kier molecular flexibility index (Phi) is 5.23. The summed E-state index contributed by atoms with van der Waals surface area (Å²) in [6.45, 7) is 1.88. The quantitative estimate of drug-likeness (QED) is 0.637. The topological polar surface area (TPSA) is 57.8 Å². The summed E-state index contributed by atoms with van der Waals surface area (Å²) < 4.78 is 0. The van der Waals surface area contributed by atoms with Crippen molar-refractivity contribution in [3.05, 3.63) is 76.4 Å². The molecule has 0 spiro atoms. The highest BCUT2D eigenvalue weighted by Gasteiger charge is 2.08. The number of aromatic amines is 1. The number of benzene rings is 2. The predicted molar refractivity (Wildman–Crippen MR) is 98.7 cm³/mol. The zero-order valence-electron chi connectivity index (χ0n) is 13.0. The molecule has 3 aromatic rings. The van der Waals surface area contributed by atoms with Crippen LogP contribution in [-0.2, 0) is 5.75 Å². The zero-order valence-corrected chi connectivity index (χ0v) is 14.6. The average molecular weight is 358 g/mol. The Hall–Kier alpha value is -2.24. The summed E-state index contributed by atoms with van der Waals surface area (Å²) in [6.07, 6.45) is 0. The Labute approximate surface area is 149 Å². The maximum atomic E-state index is 12.2. The number of amides is 1. The lowest BCUT2D eigenvalue weighted by atomic mass is 10.1. The molecule has 6 heteroatoms. The Morgan fingerprint density at radius 1 is 1.17 bits per heavy atom. The molecule has 1 amide bonds. The number of rotatable bonds is 5. The Bertz CT molecular complexity index is 828. The average Bonchev–Trinajstić information content (AvgIpc) is 2.99. The van der Waals surface area contributed by atoms with Gasteiger partial charge in [-0.05, 0) is 48.9 Å². The molecule has 2 N–H and O–H groups in total. The van der Waals surface area contributed by atoms with Crippen molar-refractivity contribution in [1.29, 1.82) is 0 Å². The number of aryl methyl sites for hydroxylation is 1. The van der Waals surface area contributed by atoms with Crippen LogP contribution in [0.5, 0.6) is 0 Å². The molecule has 4 nitrogen and oxygen atoms in total. The third-order valence-corrected chi connectivity index (χ3v) is 4.72. The van der Waals surface area contributed by atoms with Crippen molar-refractivity contribution in [1.82, 2.24) is 10.2 Å². The van der Waals surface area contributed by atoms with E-state index in [1.54, 1.807) is 17.8 Å². The van der Waals surface area contributed by atoms with Gasteiger partial charge >= 0.3 is 0 Å². The van der Waals surface area contributed by atoms with Crippen LogP contribution in [0.15, 0.2) is 59.5 Å². The van der Waals surface area contributed by atoms with Gasteiger partial charge in [-0.15, -0.1) is 11.8 Å². The number of thioether (sulfide) groups is 1. The third-order valence-electron chi connectivity index (χ3n) is 3.38. The number of hydrogen-bond donors (Lipinski definition) is 2. The lowest BCUT2D eigenvalue weighted by molar-refractivity contribution is 0.102. The number of carbonyl (C=O) groups excluding carboxylic acids is 1. The second-order valence-electron chi connectivity index (χ2n) is 5.33. The predicted octanol–water partition coefficient (Wildman–Crippen LogP) is 4.92. The maximum absolute atomic E-state index is 12.2. The van der Waals surface area contributed by atoms with Gasteiger partial charge in [0.25, 0.3) is 5.91 Å². The highest BCUT2D eigenvalue weighted by atomic mass is 35.5. The monoisotopic (exact) mass is 357 g/mol. The number of aromatic nitrogens is 2. The van der Waals surface area contributed by atoms with E-state index in [0.29, 0.717) is 11.4 Å². The summed E-state index contributed by atoms with van der Waals surface area (Å²) in [5, 5.41) is 10.3. The van der Waals surface area contributed by atoms with Crippen LogP contribution in [0.3, 0.4) is 0 Å². The van der Waals surface area contributed by atoms with Crippen LogP contribution in [0.2, 0.25) is 5.02 Å². The lowest BCUT2D eigenvalue weighted by Crippen LogP contribution is -2.12. The first-order chi connectivity index (χ1) is 11.6. The fourth-order valence-corrected chi connectivity index (χ4v) is 3.10. The second kappa shape index (κ2) is 7.55. The molecule has 0 aliphatic rings. The Morgan fingerprint density at radius 3 is 2.50 bits per heavy atom. The summed E-state index contributed by atoms with van der Waals surface area (Å²) >= 11 is 7.61. The SMILES string of the molecule is Cc1cc(NC(=O)c2ccc(CSc3ccc(Cl)cc3)cc2)n[nH]1. The van der Waals surface area contributed by atoms with E-state index in [4.69, 9.17) is 11.6 Å². The van der Waals surface area contributed by atoms with E-state index in [0.717, 1.165) is 26.9 Å². The van der Waals surface area contributed by atoms with Crippen LogP contribution in [0.4, 0.5) is 5.82 Å².